The second-order valence-electron chi connectivity index (χ2n) is 3.50. The minimum atomic E-state index is -0.958. The van der Waals surface area contributed by atoms with Gasteiger partial charge in [0.25, 0.3) is 0 Å². The third kappa shape index (κ3) is 2.88. The summed E-state index contributed by atoms with van der Waals surface area (Å²) in [5.41, 5.74) is 1.06. The van der Waals surface area contributed by atoms with E-state index in [0.29, 0.717) is 4.47 Å². The Hall–Kier alpha value is -1.40. The molecule has 0 aliphatic carbocycles. The van der Waals surface area contributed by atoms with Crippen LogP contribution in [-0.2, 0) is 0 Å². The highest BCUT2D eigenvalue weighted by Gasteiger charge is 2.10. The lowest BCUT2D eigenvalue weighted by Gasteiger charge is -2.05. The summed E-state index contributed by atoms with van der Waals surface area (Å²) in [5.74, 6) is -0.958. The van der Waals surface area contributed by atoms with E-state index in [0.717, 1.165) is 15.6 Å². The average molecular weight is 325 g/mol. The van der Waals surface area contributed by atoms with Gasteiger partial charge in [0.1, 0.15) is 5.03 Å². The standard InChI is InChI=1S/C12H9BrN2O2S/c1-7-11(15-5-4-14-7)18-8-2-3-10(13)9(6-8)12(16)17/h2-6H,1H3,(H,16,17). The molecule has 1 aromatic carbocycles. The van der Waals surface area contributed by atoms with Crippen molar-refractivity contribution in [1.29, 1.82) is 0 Å². The van der Waals surface area contributed by atoms with Gasteiger partial charge in [-0.25, -0.2) is 9.78 Å². The molecule has 2 rings (SSSR count). The Bertz CT molecular complexity index is 604. The van der Waals surface area contributed by atoms with Crippen molar-refractivity contribution in [3.63, 3.8) is 0 Å². The van der Waals surface area contributed by atoms with Crippen LogP contribution in [0.5, 0.6) is 0 Å². The van der Waals surface area contributed by atoms with E-state index in [4.69, 9.17) is 5.11 Å². The first kappa shape index (κ1) is 13.0. The number of rotatable bonds is 3. The maximum absolute atomic E-state index is 11.0. The first-order chi connectivity index (χ1) is 8.58. The molecule has 0 radical (unpaired) electrons. The minimum Gasteiger partial charge on any atom is -0.478 e. The topological polar surface area (TPSA) is 63.1 Å². The number of carboxylic acids is 1. The van der Waals surface area contributed by atoms with Gasteiger partial charge in [0.2, 0.25) is 0 Å². The van der Waals surface area contributed by atoms with Crippen LogP contribution < -0.4 is 0 Å². The first-order valence-corrected chi connectivity index (χ1v) is 6.67. The van der Waals surface area contributed by atoms with E-state index in [9.17, 15) is 4.79 Å². The van der Waals surface area contributed by atoms with Crippen molar-refractivity contribution in [1.82, 2.24) is 9.97 Å². The lowest BCUT2D eigenvalue weighted by atomic mass is 10.2. The van der Waals surface area contributed by atoms with Gasteiger partial charge in [0.05, 0.1) is 11.3 Å². The van der Waals surface area contributed by atoms with E-state index in [1.54, 1.807) is 24.5 Å². The van der Waals surface area contributed by atoms with Crippen molar-refractivity contribution in [2.45, 2.75) is 16.8 Å². The Morgan fingerprint density at radius 2 is 2.06 bits per heavy atom. The number of hydrogen-bond acceptors (Lipinski definition) is 4. The summed E-state index contributed by atoms with van der Waals surface area (Å²) >= 11 is 4.61. The number of aromatic carboxylic acids is 1. The van der Waals surface area contributed by atoms with Crippen LogP contribution in [0.25, 0.3) is 0 Å². The zero-order chi connectivity index (χ0) is 13.1. The molecule has 1 N–H and O–H groups in total. The van der Waals surface area contributed by atoms with E-state index in [1.165, 1.54) is 11.8 Å². The number of hydrogen-bond donors (Lipinski definition) is 1. The molecule has 0 spiro atoms. The number of carbonyl (C=O) groups is 1. The first-order valence-electron chi connectivity index (χ1n) is 5.06. The van der Waals surface area contributed by atoms with Crippen LogP contribution in [0.4, 0.5) is 0 Å². The largest absolute Gasteiger partial charge is 0.478 e. The van der Waals surface area contributed by atoms with Gasteiger partial charge in [0, 0.05) is 21.8 Å². The monoisotopic (exact) mass is 324 g/mol. The van der Waals surface area contributed by atoms with Gasteiger partial charge in [-0.1, -0.05) is 11.8 Å². The summed E-state index contributed by atoms with van der Waals surface area (Å²) in [6.45, 7) is 1.87. The number of carboxylic acid groups (broad SMARTS) is 1. The van der Waals surface area contributed by atoms with Crippen molar-refractivity contribution in [3.05, 3.63) is 46.3 Å². The summed E-state index contributed by atoms with van der Waals surface area (Å²) in [6, 6.07) is 5.18. The minimum absolute atomic E-state index is 0.238. The molecular weight excluding hydrogens is 316 g/mol. The lowest BCUT2D eigenvalue weighted by molar-refractivity contribution is 0.0695. The number of halogens is 1. The van der Waals surface area contributed by atoms with E-state index in [2.05, 4.69) is 25.9 Å². The molecule has 0 aliphatic heterocycles. The highest BCUT2D eigenvalue weighted by atomic mass is 79.9. The molecule has 18 heavy (non-hydrogen) atoms. The molecule has 0 aliphatic rings. The van der Waals surface area contributed by atoms with E-state index in [1.807, 2.05) is 13.0 Å². The average Bonchev–Trinajstić information content (AvgIpc) is 2.34. The molecule has 92 valence electrons. The molecule has 0 fully saturated rings. The quantitative estimate of drug-likeness (QED) is 0.937. The van der Waals surface area contributed by atoms with Crippen LogP contribution >= 0.6 is 27.7 Å². The van der Waals surface area contributed by atoms with E-state index in [-0.39, 0.29) is 5.56 Å². The third-order valence-electron chi connectivity index (χ3n) is 2.22. The van der Waals surface area contributed by atoms with Crippen LogP contribution in [0, 0.1) is 6.92 Å². The fourth-order valence-corrected chi connectivity index (χ4v) is 2.60. The predicted octanol–water partition coefficient (Wildman–Crippen LogP) is 3.40. The van der Waals surface area contributed by atoms with Crippen LogP contribution in [-0.4, -0.2) is 21.0 Å². The summed E-state index contributed by atoms with van der Waals surface area (Å²) in [4.78, 5) is 20.2. The molecule has 0 atom stereocenters. The van der Waals surface area contributed by atoms with Gasteiger partial charge in [-0.2, -0.15) is 0 Å². The van der Waals surface area contributed by atoms with Crippen molar-refractivity contribution >= 4 is 33.7 Å². The molecule has 0 bridgehead atoms. The van der Waals surface area contributed by atoms with Gasteiger partial charge < -0.3 is 5.11 Å². The van der Waals surface area contributed by atoms with Crippen LogP contribution in [0.1, 0.15) is 16.1 Å². The zero-order valence-corrected chi connectivity index (χ0v) is 11.8. The summed E-state index contributed by atoms with van der Waals surface area (Å²) in [7, 11) is 0. The van der Waals surface area contributed by atoms with Gasteiger partial charge in [0.15, 0.2) is 0 Å². The second-order valence-corrected chi connectivity index (χ2v) is 5.41. The van der Waals surface area contributed by atoms with Crippen molar-refractivity contribution in [2.75, 3.05) is 0 Å². The van der Waals surface area contributed by atoms with E-state index < -0.39 is 5.97 Å². The van der Waals surface area contributed by atoms with Crippen LogP contribution in [0.15, 0.2) is 45.0 Å². The van der Waals surface area contributed by atoms with Gasteiger partial charge in [-0.05, 0) is 41.1 Å². The van der Waals surface area contributed by atoms with Gasteiger partial charge >= 0.3 is 5.97 Å². The van der Waals surface area contributed by atoms with Crippen LogP contribution in [0.2, 0.25) is 0 Å². The number of benzene rings is 1. The molecule has 6 heteroatoms. The molecule has 2 aromatic rings. The Morgan fingerprint density at radius 1 is 1.33 bits per heavy atom. The normalized spacial score (nSPS) is 10.3. The highest BCUT2D eigenvalue weighted by molar-refractivity contribution is 9.10. The number of aromatic nitrogens is 2. The molecule has 0 amide bonds. The summed E-state index contributed by atoms with van der Waals surface area (Å²) < 4.78 is 0.565. The third-order valence-corrected chi connectivity index (χ3v) is 3.99. The maximum Gasteiger partial charge on any atom is 0.336 e. The smallest absolute Gasteiger partial charge is 0.336 e. The van der Waals surface area contributed by atoms with Crippen molar-refractivity contribution < 1.29 is 9.90 Å². The lowest BCUT2D eigenvalue weighted by Crippen LogP contribution is -1.97. The van der Waals surface area contributed by atoms with Crippen molar-refractivity contribution in [2.24, 2.45) is 0 Å². The maximum atomic E-state index is 11.0. The second kappa shape index (κ2) is 5.49. The summed E-state index contributed by atoms with van der Waals surface area (Å²) in [5, 5.41) is 9.82. The van der Waals surface area contributed by atoms with Gasteiger partial charge in [-0.15, -0.1) is 0 Å². The number of aryl methyl sites for hydroxylation is 1. The molecule has 1 aromatic heterocycles. The SMILES string of the molecule is Cc1nccnc1Sc1ccc(Br)c(C(=O)O)c1. The van der Waals surface area contributed by atoms with E-state index >= 15 is 0 Å². The fraction of sp³-hybridized carbons (Fsp3) is 0.0833. The molecule has 0 saturated heterocycles. The Morgan fingerprint density at radius 3 is 2.72 bits per heavy atom. The Labute approximate surface area is 117 Å². The Balaban J connectivity index is 2.33. The highest BCUT2D eigenvalue weighted by Crippen LogP contribution is 2.30. The van der Waals surface area contributed by atoms with Crippen molar-refractivity contribution in [3.8, 4) is 0 Å². The molecule has 4 nitrogen and oxygen atoms in total. The zero-order valence-electron chi connectivity index (χ0n) is 9.42. The molecular formula is C12H9BrN2O2S. The van der Waals surface area contributed by atoms with Crippen LogP contribution in [0.3, 0.4) is 0 Å². The molecule has 0 saturated carbocycles. The summed E-state index contributed by atoms with van der Waals surface area (Å²) in [6.07, 6.45) is 3.25. The molecule has 0 unspecified atom stereocenters. The molecule has 1 heterocycles. The number of nitrogens with zero attached hydrogens (tertiary/aromatic N) is 2. The predicted molar refractivity (Wildman–Crippen MR) is 72.0 cm³/mol. The van der Waals surface area contributed by atoms with Gasteiger partial charge in [-0.3, -0.25) is 4.98 Å². The Kier molecular flexibility index (Phi) is 3.98. The fourth-order valence-electron chi connectivity index (χ4n) is 1.34.